The molecule has 0 spiro atoms. The second kappa shape index (κ2) is 5.89. The molecular formula is C18H14ClNO3. The molecule has 0 aliphatic heterocycles. The number of halogens is 1. The van der Waals surface area contributed by atoms with Gasteiger partial charge in [-0.2, -0.15) is 0 Å². The fourth-order valence-electron chi connectivity index (χ4n) is 2.81. The normalized spacial score (nSPS) is 10.9. The van der Waals surface area contributed by atoms with Crippen LogP contribution in [0.25, 0.3) is 10.9 Å². The number of carboxylic acids is 1. The molecule has 0 aliphatic rings. The fourth-order valence-corrected chi connectivity index (χ4v) is 2.94. The molecule has 0 saturated heterocycles. The van der Waals surface area contributed by atoms with E-state index < -0.39 is 5.97 Å². The first-order valence-electron chi connectivity index (χ1n) is 7.10. The van der Waals surface area contributed by atoms with Crippen molar-refractivity contribution in [2.75, 3.05) is 0 Å². The van der Waals surface area contributed by atoms with Gasteiger partial charge in [0.25, 0.3) is 0 Å². The van der Waals surface area contributed by atoms with E-state index in [1.807, 2.05) is 0 Å². The molecule has 0 radical (unpaired) electrons. The quantitative estimate of drug-likeness (QED) is 0.785. The third-order valence-corrected chi connectivity index (χ3v) is 4.10. The number of benzene rings is 2. The molecule has 1 N–H and O–H groups in total. The van der Waals surface area contributed by atoms with Crippen LogP contribution in [0, 0.1) is 6.92 Å². The lowest BCUT2D eigenvalue weighted by atomic mass is 10.1. The molecule has 3 aromatic rings. The summed E-state index contributed by atoms with van der Waals surface area (Å²) in [6.07, 6.45) is 0.176. The van der Waals surface area contributed by atoms with Crippen molar-refractivity contribution >= 4 is 34.4 Å². The molecule has 0 amide bonds. The van der Waals surface area contributed by atoms with Crippen molar-refractivity contribution in [1.82, 2.24) is 4.57 Å². The molecule has 0 unspecified atom stereocenters. The van der Waals surface area contributed by atoms with Crippen LogP contribution in [0.3, 0.4) is 0 Å². The van der Waals surface area contributed by atoms with Crippen LogP contribution in [0.1, 0.15) is 26.4 Å². The van der Waals surface area contributed by atoms with E-state index >= 15 is 0 Å². The first kappa shape index (κ1) is 15.3. The van der Waals surface area contributed by atoms with Gasteiger partial charge in [-0.05, 0) is 30.7 Å². The molecule has 23 heavy (non-hydrogen) atoms. The Labute approximate surface area is 137 Å². The van der Waals surface area contributed by atoms with Crippen molar-refractivity contribution in [2.24, 2.45) is 0 Å². The summed E-state index contributed by atoms with van der Waals surface area (Å²) >= 11 is 5.85. The highest BCUT2D eigenvalue weighted by molar-refractivity contribution is 6.30. The van der Waals surface area contributed by atoms with E-state index in [9.17, 15) is 14.7 Å². The van der Waals surface area contributed by atoms with E-state index in [4.69, 9.17) is 11.6 Å². The van der Waals surface area contributed by atoms with Crippen LogP contribution in [0.4, 0.5) is 0 Å². The molecule has 1 aromatic heterocycles. The number of hydrogen-bond acceptors (Lipinski definition) is 2. The van der Waals surface area contributed by atoms with E-state index in [0.29, 0.717) is 21.6 Å². The second-order valence-electron chi connectivity index (χ2n) is 5.32. The van der Waals surface area contributed by atoms with Gasteiger partial charge in [0.1, 0.15) is 0 Å². The fraction of sp³-hybridized carbons (Fsp3) is 0.111. The van der Waals surface area contributed by atoms with Crippen molar-refractivity contribution in [3.8, 4) is 0 Å². The third-order valence-electron chi connectivity index (χ3n) is 3.84. The first-order chi connectivity index (χ1) is 11.0. The van der Waals surface area contributed by atoms with Crippen molar-refractivity contribution < 1.29 is 14.7 Å². The summed E-state index contributed by atoms with van der Waals surface area (Å²) in [5.74, 6) is -1.20. The lowest BCUT2D eigenvalue weighted by Crippen LogP contribution is -2.15. The molecule has 0 fully saturated rings. The zero-order chi connectivity index (χ0) is 16.6. The monoisotopic (exact) mass is 327 g/mol. The molecule has 0 saturated carbocycles. The smallest absolute Gasteiger partial charge is 0.338 e. The zero-order valence-corrected chi connectivity index (χ0v) is 13.2. The number of fused-ring (bicyclic) bond motifs is 1. The zero-order valence-electron chi connectivity index (χ0n) is 12.4. The summed E-state index contributed by atoms with van der Waals surface area (Å²) in [6, 6.07) is 14.1. The predicted molar refractivity (Wildman–Crippen MR) is 89.4 cm³/mol. The highest BCUT2D eigenvalue weighted by Gasteiger charge is 2.22. The Morgan fingerprint density at radius 2 is 1.74 bits per heavy atom. The molecule has 2 aromatic carbocycles. The van der Waals surface area contributed by atoms with Crippen LogP contribution in [0.5, 0.6) is 0 Å². The number of carbonyl (C=O) groups excluding carboxylic acids is 1. The Balaban J connectivity index is 2.08. The molecule has 0 atom stereocenters. The Kier molecular flexibility index (Phi) is 3.92. The van der Waals surface area contributed by atoms with Gasteiger partial charge in [-0.25, -0.2) is 4.79 Å². The van der Waals surface area contributed by atoms with Crippen LogP contribution >= 0.6 is 11.6 Å². The number of nitrogens with zero attached hydrogens (tertiary/aromatic N) is 1. The van der Waals surface area contributed by atoms with E-state index in [1.165, 1.54) is 4.57 Å². The van der Waals surface area contributed by atoms with Gasteiger partial charge in [0, 0.05) is 16.1 Å². The number of hydrogen-bond donors (Lipinski definition) is 1. The van der Waals surface area contributed by atoms with E-state index in [2.05, 4.69) is 0 Å². The minimum Gasteiger partial charge on any atom is -0.478 e. The van der Waals surface area contributed by atoms with E-state index in [-0.39, 0.29) is 17.9 Å². The molecule has 0 bridgehead atoms. The van der Waals surface area contributed by atoms with Crippen molar-refractivity contribution in [1.29, 1.82) is 0 Å². The SMILES string of the molecule is Cc1c(C(=O)O)c2ccccc2n1C(=O)Cc1ccc(Cl)cc1. The van der Waals surface area contributed by atoms with Crippen LogP contribution < -0.4 is 0 Å². The average Bonchev–Trinajstić information content (AvgIpc) is 2.81. The second-order valence-corrected chi connectivity index (χ2v) is 5.75. The summed E-state index contributed by atoms with van der Waals surface area (Å²) in [4.78, 5) is 24.2. The number of aromatic carboxylic acids is 1. The lowest BCUT2D eigenvalue weighted by Gasteiger charge is -2.07. The Morgan fingerprint density at radius 1 is 1.09 bits per heavy atom. The number of para-hydroxylation sites is 1. The molecule has 1 heterocycles. The summed E-state index contributed by atoms with van der Waals surface area (Å²) in [5.41, 5.74) is 2.05. The van der Waals surface area contributed by atoms with Gasteiger partial charge in [-0.3, -0.25) is 9.36 Å². The Hall–Kier alpha value is -2.59. The van der Waals surface area contributed by atoms with E-state index in [1.54, 1.807) is 55.5 Å². The van der Waals surface area contributed by atoms with Gasteiger partial charge in [-0.1, -0.05) is 41.9 Å². The Bertz CT molecular complexity index is 910. The number of rotatable bonds is 3. The number of carbonyl (C=O) groups is 2. The lowest BCUT2D eigenvalue weighted by molar-refractivity contribution is 0.0698. The van der Waals surface area contributed by atoms with Crippen LogP contribution in [0.2, 0.25) is 5.02 Å². The van der Waals surface area contributed by atoms with Gasteiger partial charge in [0.05, 0.1) is 17.5 Å². The van der Waals surface area contributed by atoms with E-state index in [0.717, 1.165) is 5.56 Å². The maximum Gasteiger partial charge on any atom is 0.338 e. The summed E-state index contributed by atoms with van der Waals surface area (Å²) in [7, 11) is 0. The maximum absolute atomic E-state index is 12.7. The molecule has 4 nitrogen and oxygen atoms in total. The number of aromatic nitrogens is 1. The molecule has 5 heteroatoms. The molecular weight excluding hydrogens is 314 g/mol. The highest BCUT2D eigenvalue weighted by Crippen LogP contribution is 2.26. The Morgan fingerprint density at radius 3 is 2.39 bits per heavy atom. The number of carboxylic acid groups (broad SMARTS) is 1. The average molecular weight is 328 g/mol. The van der Waals surface area contributed by atoms with Crippen LogP contribution in [-0.2, 0) is 6.42 Å². The topological polar surface area (TPSA) is 59.3 Å². The maximum atomic E-state index is 12.7. The standard InChI is InChI=1S/C18H14ClNO3/c1-11-17(18(22)23)14-4-2-3-5-15(14)20(11)16(21)10-12-6-8-13(19)9-7-12/h2-9H,10H2,1H3,(H,22,23). The first-order valence-corrected chi connectivity index (χ1v) is 7.48. The third kappa shape index (κ3) is 2.73. The summed E-state index contributed by atoms with van der Waals surface area (Å²) in [5, 5.41) is 10.6. The van der Waals surface area contributed by atoms with Gasteiger partial charge in [0.15, 0.2) is 0 Å². The molecule has 116 valence electrons. The van der Waals surface area contributed by atoms with Crippen molar-refractivity contribution in [2.45, 2.75) is 13.3 Å². The van der Waals surface area contributed by atoms with Gasteiger partial charge < -0.3 is 5.11 Å². The van der Waals surface area contributed by atoms with Crippen LogP contribution in [-0.4, -0.2) is 21.6 Å². The summed E-state index contributed by atoms with van der Waals surface area (Å²) in [6.45, 7) is 1.66. The highest BCUT2D eigenvalue weighted by atomic mass is 35.5. The minimum absolute atomic E-state index is 0.171. The van der Waals surface area contributed by atoms with Gasteiger partial charge >= 0.3 is 5.97 Å². The molecule has 0 aliphatic carbocycles. The van der Waals surface area contributed by atoms with Gasteiger partial charge in [-0.15, -0.1) is 0 Å². The minimum atomic E-state index is -1.03. The van der Waals surface area contributed by atoms with Gasteiger partial charge in [0.2, 0.25) is 5.91 Å². The predicted octanol–water partition coefficient (Wildman–Crippen LogP) is 4.18. The summed E-state index contributed by atoms with van der Waals surface area (Å²) < 4.78 is 1.48. The van der Waals surface area contributed by atoms with Crippen LogP contribution in [0.15, 0.2) is 48.5 Å². The van der Waals surface area contributed by atoms with Crippen molar-refractivity contribution in [3.05, 3.63) is 70.4 Å². The largest absolute Gasteiger partial charge is 0.478 e. The van der Waals surface area contributed by atoms with Crippen molar-refractivity contribution in [3.63, 3.8) is 0 Å². The molecule has 3 rings (SSSR count).